The molecule has 1 heterocycles. The van der Waals surface area contributed by atoms with E-state index in [1.165, 1.54) is 51.4 Å². The van der Waals surface area contributed by atoms with Crippen LogP contribution in [0.3, 0.4) is 0 Å². The zero-order valence-corrected chi connectivity index (χ0v) is 35.7. The number of epoxide rings is 1. The van der Waals surface area contributed by atoms with Crippen LogP contribution in [0.4, 0.5) is 0 Å². The maximum atomic E-state index is 12.6. The molecule has 324 valence electrons. The third-order valence-corrected chi connectivity index (χ3v) is 10.3. The molecule has 11 nitrogen and oxygen atoms in total. The summed E-state index contributed by atoms with van der Waals surface area (Å²) in [4.78, 5) is 35.0. The average molecular weight is 813 g/mol. The van der Waals surface area contributed by atoms with Gasteiger partial charge in [0.2, 0.25) is 0 Å². The summed E-state index contributed by atoms with van der Waals surface area (Å²) in [5.74, 6) is -0.974. The van der Waals surface area contributed by atoms with Crippen molar-refractivity contribution >= 4 is 19.8 Å². The number of carbonyl (C=O) groups is 2. The first kappa shape index (κ1) is 51.9. The predicted molar refractivity (Wildman–Crippen MR) is 223 cm³/mol. The van der Waals surface area contributed by atoms with Crippen molar-refractivity contribution in [3.8, 4) is 0 Å². The Labute approximate surface area is 338 Å². The van der Waals surface area contributed by atoms with Crippen molar-refractivity contribution in [3.63, 3.8) is 0 Å². The van der Waals surface area contributed by atoms with E-state index < -0.39 is 51.8 Å². The molecule has 1 aliphatic rings. The van der Waals surface area contributed by atoms with Crippen LogP contribution < -0.4 is 0 Å². The van der Waals surface area contributed by atoms with Crippen LogP contribution in [0.25, 0.3) is 0 Å². The number of carbonyl (C=O) groups excluding carboxylic acids is 2. The quantitative estimate of drug-likeness (QED) is 0.0178. The first-order valence-corrected chi connectivity index (χ1v) is 23.2. The highest BCUT2D eigenvalue weighted by molar-refractivity contribution is 7.47. The number of esters is 2. The lowest BCUT2D eigenvalue weighted by Gasteiger charge is -2.20. The van der Waals surface area contributed by atoms with E-state index in [4.69, 9.17) is 23.8 Å². The first-order valence-electron chi connectivity index (χ1n) is 21.7. The Morgan fingerprint density at radius 2 is 1.16 bits per heavy atom. The van der Waals surface area contributed by atoms with Crippen molar-refractivity contribution in [2.75, 3.05) is 26.4 Å². The molecule has 0 aromatic rings. The van der Waals surface area contributed by atoms with Crippen molar-refractivity contribution < 1.29 is 52.5 Å². The fourth-order valence-electron chi connectivity index (χ4n) is 5.89. The Hall–Kier alpha value is -2.11. The zero-order chi connectivity index (χ0) is 41.0. The highest BCUT2D eigenvalue weighted by atomic mass is 31.2. The highest BCUT2D eigenvalue weighted by Gasteiger charge is 2.36. The second kappa shape index (κ2) is 36.0. The van der Waals surface area contributed by atoms with Crippen molar-refractivity contribution in [1.29, 1.82) is 0 Å². The van der Waals surface area contributed by atoms with Gasteiger partial charge in [0.15, 0.2) is 6.10 Å². The van der Waals surface area contributed by atoms with Gasteiger partial charge in [-0.25, -0.2) is 4.57 Å². The molecular formula is C44H77O11P. The minimum atomic E-state index is -4.63. The molecule has 3 unspecified atom stereocenters. The van der Waals surface area contributed by atoms with Gasteiger partial charge in [-0.2, -0.15) is 0 Å². The van der Waals surface area contributed by atoms with E-state index in [2.05, 4.69) is 67.0 Å². The van der Waals surface area contributed by atoms with Crippen molar-refractivity contribution in [3.05, 3.63) is 48.6 Å². The molecule has 0 aliphatic carbocycles. The van der Waals surface area contributed by atoms with Crippen molar-refractivity contribution in [2.45, 2.75) is 192 Å². The van der Waals surface area contributed by atoms with Crippen LogP contribution in [-0.4, -0.2) is 77.9 Å². The standard InChI is InChI=1S/C44H77O11P/c1-3-5-7-8-9-10-11-12-13-14-15-16-17-18-22-25-29-33-43(47)51-37-40(38-53-56(49,50)52-36-39(46)35-45)54-44(48)34-30-26-23-20-19-21-24-28-32-42-41(55-42)31-27-6-4-2/h9-10,12-13,15-16,24,28,39-42,45-46H,3-8,11,14,17-23,25-27,29-38H2,1-2H3,(H,49,50)/b10-9-,13-12-,16-15-,28-24-/t39-,40+,41?,42?/m0/s1. The number of unbranched alkanes of at least 4 members (excludes halogenated alkanes) is 14. The van der Waals surface area contributed by atoms with Gasteiger partial charge in [-0.05, 0) is 77.0 Å². The largest absolute Gasteiger partial charge is 0.472 e. The third-order valence-electron chi connectivity index (χ3n) is 9.38. The Morgan fingerprint density at radius 3 is 1.79 bits per heavy atom. The molecule has 0 amide bonds. The van der Waals surface area contributed by atoms with Gasteiger partial charge in [-0.1, -0.05) is 127 Å². The second-order valence-corrected chi connectivity index (χ2v) is 16.2. The molecule has 56 heavy (non-hydrogen) atoms. The Bertz CT molecular complexity index is 1140. The lowest BCUT2D eigenvalue weighted by atomic mass is 10.1. The van der Waals surface area contributed by atoms with Crippen LogP contribution in [0.15, 0.2) is 48.6 Å². The summed E-state index contributed by atoms with van der Waals surface area (Å²) in [6.07, 6.45) is 39.6. The van der Waals surface area contributed by atoms with Crippen molar-refractivity contribution in [2.24, 2.45) is 0 Å². The summed E-state index contributed by atoms with van der Waals surface area (Å²) >= 11 is 0. The predicted octanol–water partition coefficient (Wildman–Crippen LogP) is 10.3. The minimum absolute atomic E-state index is 0.157. The average Bonchev–Trinajstić information content (AvgIpc) is 3.94. The number of allylic oxidation sites excluding steroid dienone is 7. The van der Waals surface area contributed by atoms with Gasteiger partial charge < -0.3 is 29.3 Å². The van der Waals surface area contributed by atoms with Crippen LogP contribution in [0, 0.1) is 0 Å². The molecule has 1 fully saturated rings. The van der Waals surface area contributed by atoms with Gasteiger partial charge >= 0.3 is 19.8 Å². The van der Waals surface area contributed by atoms with Gasteiger partial charge in [0, 0.05) is 12.8 Å². The lowest BCUT2D eigenvalue weighted by molar-refractivity contribution is -0.161. The molecule has 0 saturated carbocycles. The summed E-state index contributed by atoms with van der Waals surface area (Å²) in [5, 5.41) is 18.3. The third kappa shape index (κ3) is 32.9. The van der Waals surface area contributed by atoms with Crippen LogP contribution in [0.5, 0.6) is 0 Å². The highest BCUT2D eigenvalue weighted by Crippen LogP contribution is 2.43. The van der Waals surface area contributed by atoms with E-state index in [0.29, 0.717) is 25.0 Å². The number of aliphatic hydroxyl groups excluding tert-OH is 2. The smallest absolute Gasteiger partial charge is 0.462 e. The minimum Gasteiger partial charge on any atom is -0.462 e. The van der Waals surface area contributed by atoms with Crippen LogP contribution in [-0.2, 0) is 37.4 Å². The van der Waals surface area contributed by atoms with Gasteiger partial charge in [-0.3, -0.25) is 18.6 Å². The second-order valence-electron chi connectivity index (χ2n) is 14.7. The molecule has 5 atom stereocenters. The van der Waals surface area contributed by atoms with E-state index in [0.717, 1.165) is 77.0 Å². The Kier molecular flexibility index (Phi) is 33.4. The van der Waals surface area contributed by atoms with Crippen LogP contribution in [0.1, 0.15) is 168 Å². The molecule has 0 aromatic carbocycles. The molecule has 3 N–H and O–H groups in total. The fraction of sp³-hybridized carbons (Fsp3) is 0.773. The fourth-order valence-corrected chi connectivity index (χ4v) is 6.68. The van der Waals surface area contributed by atoms with Gasteiger partial charge in [-0.15, -0.1) is 0 Å². The summed E-state index contributed by atoms with van der Waals surface area (Å²) in [7, 11) is -4.63. The monoisotopic (exact) mass is 813 g/mol. The zero-order valence-electron chi connectivity index (χ0n) is 34.8. The molecular weight excluding hydrogens is 735 g/mol. The van der Waals surface area contributed by atoms with Gasteiger partial charge in [0.1, 0.15) is 12.7 Å². The molecule has 12 heteroatoms. The van der Waals surface area contributed by atoms with Gasteiger partial charge in [0.05, 0.1) is 32.0 Å². The Morgan fingerprint density at radius 1 is 0.643 bits per heavy atom. The molecule has 1 rings (SSSR count). The molecule has 0 aromatic heterocycles. The van der Waals surface area contributed by atoms with Crippen LogP contribution >= 0.6 is 7.82 Å². The lowest BCUT2D eigenvalue weighted by Crippen LogP contribution is -2.29. The summed E-state index contributed by atoms with van der Waals surface area (Å²) in [6.45, 7) is 2.26. The van der Waals surface area contributed by atoms with Gasteiger partial charge in [0.25, 0.3) is 0 Å². The molecule has 1 saturated heterocycles. The SMILES string of the molecule is CCCCC/C=C\C/C=C\C/C=C\CCCCCCC(=O)OC[C@H](COP(=O)(O)OC[C@@H](O)CO)OC(=O)CCCCCCC/C=C\CC1OC1CCCCC. The number of rotatable bonds is 39. The van der Waals surface area contributed by atoms with Crippen molar-refractivity contribution in [1.82, 2.24) is 0 Å². The normalized spacial score (nSPS) is 17.9. The number of hydrogen-bond donors (Lipinski definition) is 3. The number of phosphoric acid groups is 1. The maximum Gasteiger partial charge on any atom is 0.472 e. The topological polar surface area (TPSA) is 161 Å². The molecule has 0 bridgehead atoms. The number of ether oxygens (including phenoxy) is 3. The number of aliphatic hydroxyl groups is 2. The van der Waals surface area contributed by atoms with E-state index in [-0.39, 0.29) is 19.4 Å². The summed E-state index contributed by atoms with van der Waals surface area (Å²) in [6, 6.07) is 0. The summed E-state index contributed by atoms with van der Waals surface area (Å²) < 4.78 is 38.4. The van der Waals surface area contributed by atoms with E-state index in [1.54, 1.807) is 0 Å². The number of hydrogen-bond acceptors (Lipinski definition) is 10. The van der Waals surface area contributed by atoms with Crippen LogP contribution in [0.2, 0.25) is 0 Å². The summed E-state index contributed by atoms with van der Waals surface area (Å²) in [5.41, 5.74) is 0. The van der Waals surface area contributed by atoms with E-state index in [1.807, 2.05) is 0 Å². The molecule has 1 aliphatic heterocycles. The number of phosphoric ester groups is 1. The Balaban J connectivity index is 2.27. The first-order chi connectivity index (χ1) is 27.2. The van der Waals surface area contributed by atoms with E-state index >= 15 is 0 Å². The maximum absolute atomic E-state index is 12.6. The molecule has 0 radical (unpaired) electrons. The van der Waals surface area contributed by atoms with E-state index in [9.17, 15) is 24.2 Å². The molecule has 0 spiro atoms.